The normalized spacial score (nSPS) is 23.6. The molecule has 11 nitrogen and oxygen atoms in total. The highest BCUT2D eigenvalue weighted by molar-refractivity contribution is 5.78. The van der Waals surface area contributed by atoms with Crippen LogP contribution in [0.2, 0.25) is 0 Å². The van der Waals surface area contributed by atoms with Gasteiger partial charge in [-0.25, -0.2) is 4.79 Å². The third-order valence-corrected chi connectivity index (χ3v) is 8.26. The Morgan fingerprint density at radius 3 is 2.21 bits per heavy atom. The monoisotopic (exact) mass is 542 g/mol. The maximum atomic E-state index is 13.4. The number of benzene rings is 2. The maximum absolute atomic E-state index is 13.4. The minimum atomic E-state index is -1.01. The summed E-state index contributed by atoms with van der Waals surface area (Å²) in [4.78, 5) is 28.2. The predicted molar refractivity (Wildman–Crippen MR) is 139 cm³/mol. The second-order valence-corrected chi connectivity index (χ2v) is 10.5. The van der Waals surface area contributed by atoms with E-state index in [1.165, 1.54) is 26.2 Å². The van der Waals surface area contributed by atoms with Crippen molar-refractivity contribution in [2.75, 3.05) is 55.3 Å². The fourth-order valence-corrected chi connectivity index (χ4v) is 6.37. The van der Waals surface area contributed by atoms with Gasteiger partial charge in [0.1, 0.15) is 0 Å². The molecule has 2 aromatic carbocycles. The molecule has 5 atom stereocenters. The number of carboxylic acid groups (broad SMARTS) is 1. The van der Waals surface area contributed by atoms with Gasteiger partial charge in [-0.2, -0.15) is 0 Å². The minimum Gasteiger partial charge on any atom is -0.502 e. The summed E-state index contributed by atoms with van der Waals surface area (Å²) in [5.74, 6) is 0.0543. The molecule has 0 saturated carbocycles. The lowest BCUT2D eigenvalue weighted by Crippen LogP contribution is -2.46. The molecular formula is C28H34N2O9. The number of nitrogens with zero attached hydrogens (tertiary/aromatic N) is 2. The van der Waals surface area contributed by atoms with E-state index in [1.807, 2.05) is 31.1 Å². The van der Waals surface area contributed by atoms with Crippen LogP contribution in [0.1, 0.15) is 34.9 Å². The first kappa shape index (κ1) is 26.7. The molecule has 210 valence electrons. The van der Waals surface area contributed by atoms with Gasteiger partial charge < -0.3 is 43.7 Å². The van der Waals surface area contributed by atoms with Crippen molar-refractivity contribution in [1.82, 2.24) is 9.80 Å². The number of phenolic OH excluding ortho intramolecular Hbond substituents is 1. The molecule has 0 aromatic heterocycles. The van der Waals surface area contributed by atoms with Crippen LogP contribution in [0, 0.1) is 11.8 Å². The molecule has 0 radical (unpaired) electrons. The van der Waals surface area contributed by atoms with Crippen LogP contribution in [-0.2, 0) is 9.53 Å². The molecule has 2 N–H and O–H groups in total. The number of cyclic esters (lactones) is 1. The van der Waals surface area contributed by atoms with Crippen LogP contribution < -0.4 is 18.9 Å². The molecule has 0 spiro atoms. The smallest absolute Gasteiger partial charge is 0.407 e. The van der Waals surface area contributed by atoms with E-state index in [-0.39, 0.29) is 60.4 Å². The minimum absolute atomic E-state index is 0.101. The molecule has 11 heteroatoms. The molecular weight excluding hydrogens is 508 g/mol. The topological polar surface area (TPSA) is 127 Å². The fourth-order valence-electron chi connectivity index (χ4n) is 6.37. The summed E-state index contributed by atoms with van der Waals surface area (Å²) >= 11 is 0. The van der Waals surface area contributed by atoms with Gasteiger partial charge in [0.15, 0.2) is 23.0 Å². The van der Waals surface area contributed by atoms with Gasteiger partial charge in [0.25, 0.3) is 0 Å². The van der Waals surface area contributed by atoms with Gasteiger partial charge in [-0.05, 0) is 61.5 Å². The standard InChI is InChI=1S/C28H34N2O9/c1-29(2)18(6-7-30(3)28(33)34)24-16-11-20-19(38-13-39-20)10-15(16)23(17-12-37-27(32)25(17)24)14-8-21(35-4)26(31)22(9-14)36-5/h8-11,17-18,23-25,31H,6-7,12-13H2,1-5H3,(H,33,34)/t17-,18?,23+,24+,25-/m0/s1. The number of aromatic hydroxyl groups is 1. The van der Waals surface area contributed by atoms with Crippen LogP contribution >= 0.6 is 0 Å². The van der Waals surface area contributed by atoms with Crippen molar-refractivity contribution in [3.05, 3.63) is 41.0 Å². The van der Waals surface area contributed by atoms with E-state index in [2.05, 4.69) is 0 Å². The number of rotatable bonds is 8. The number of esters is 1. The molecule has 1 amide bonds. The lowest BCUT2D eigenvalue weighted by atomic mass is 9.60. The van der Waals surface area contributed by atoms with Gasteiger partial charge in [0.05, 0.1) is 26.7 Å². The van der Waals surface area contributed by atoms with Crippen LogP contribution in [0.15, 0.2) is 24.3 Å². The molecule has 1 saturated heterocycles. The second kappa shape index (κ2) is 10.4. The quantitative estimate of drug-likeness (QED) is 0.481. The largest absolute Gasteiger partial charge is 0.502 e. The molecule has 1 aliphatic carbocycles. The number of hydrogen-bond donors (Lipinski definition) is 2. The van der Waals surface area contributed by atoms with Gasteiger partial charge in [-0.1, -0.05) is 0 Å². The van der Waals surface area contributed by atoms with E-state index in [0.29, 0.717) is 24.5 Å². The van der Waals surface area contributed by atoms with Gasteiger partial charge in [0, 0.05) is 37.4 Å². The van der Waals surface area contributed by atoms with Crippen molar-refractivity contribution in [2.45, 2.75) is 24.3 Å². The Hall–Kier alpha value is -3.86. The van der Waals surface area contributed by atoms with Crippen molar-refractivity contribution in [3.63, 3.8) is 0 Å². The van der Waals surface area contributed by atoms with E-state index in [4.69, 9.17) is 23.7 Å². The van der Waals surface area contributed by atoms with Gasteiger partial charge in [0.2, 0.25) is 12.5 Å². The van der Waals surface area contributed by atoms with Crippen LogP contribution in [-0.4, -0.2) is 93.4 Å². The number of methoxy groups -OCH3 is 2. The molecule has 2 heterocycles. The van der Waals surface area contributed by atoms with E-state index in [1.54, 1.807) is 12.1 Å². The van der Waals surface area contributed by atoms with Crippen molar-refractivity contribution in [3.8, 4) is 28.7 Å². The number of fused-ring (bicyclic) bond motifs is 3. The van der Waals surface area contributed by atoms with Crippen molar-refractivity contribution in [2.24, 2.45) is 11.8 Å². The molecule has 3 aliphatic rings. The van der Waals surface area contributed by atoms with Crippen molar-refractivity contribution >= 4 is 12.1 Å². The van der Waals surface area contributed by atoms with Gasteiger partial charge in [-0.3, -0.25) is 4.79 Å². The predicted octanol–water partition coefficient (Wildman–Crippen LogP) is 3.09. The molecule has 2 aromatic rings. The van der Waals surface area contributed by atoms with Crippen LogP contribution in [0.4, 0.5) is 4.79 Å². The zero-order valence-electron chi connectivity index (χ0n) is 22.7. The average Bonchev–Trinajstić information content (AvgIpc) is 3.53. The third kappa shape index (κ3) is 4.54. The number of hydrogen-bond acceptors (Lipinski definition) is 9. The number of ether oxygens (including phenoxy) is 5. The van der Waals surface area contributed by atoms with Crippen molar-refractivity contribution < 1.29 is 43.5 Å². The molecule has 39 heavy (non-hydrogen) atoms. The summed E-state index contributed by atoms with van der Waals surface area (Å²) in [5, 5.41) is 20.0. The first-order chi connectivity index (χ1) is 18.7. The maximum Gasteiger partial charge on any atom is 0.407 e. The number of phenols is 1. The van der Waals surface area contributed by atoms with E-state index in [0.717, 1.165) is 16.7 Å². The SMILES string of the molecule is COc1cc([C@@H]2c3cc4c(cc3[C@H](C(CCN(C)C(=O)O)N(C)C)[C@H]3C(=O)OC[C@@H]23)OCO4)cc(OC)c1O. The molecule has 1 fully saturated rings. The zero-order valence-corrected chi connectivity index (χ0v) is 22.7. The summed E-state index contributed by atoms with van der Waals surface area (Å²) in [6.07, 6.45) is -0.496. The molecule has 1 unspecified atom stereocenters. The molecule has 5 rings (SSSR count). The highest BCUT2D eigenvalue weighted by Crippen LogP contribution is 2.57. The second-order valence-electron chi connectivity index (χ2n) is 10.5. The summed E-state index contributed by atoms with van der Waals surface area (Å²) in [7, 11) is 8.37. The summed E-state index contributed by atoms with van der Waals surface area (Å²) in [5.41, 5.74) is 2.68. The average molecular weight is 543 g/mol. The summed E-state index contributed by atoms with van der Waals surface area (Å²) < 4.78 is 28.1. The van der Waals surface area contributed by atoms with Crippen LogP contribution in [0.25, 0.3) is 0 Å². The Kier molecular flexibility index (Phi) is 7.11. The van der Waals surface area contributed by atoms with Crippen LogP contribution in [0.5, 0.6) is 28.7 Å². The van der Waals surface area contributed by atoms with Crippen molar-refractivity contribution in [1.29, 1.82) is 0 Å². The molecule has 0 bridgehead atoms. The highest BCUT2D eigenvalue weighted by atomic mass is 16.7. The zero-order chi connectivity index (χ0) is 28.0. The van der Waals surface area contributed by atoms with E-state index < -0.39 is 12.0 Å². The Labute approximate surface area is 226 Å². The van der Waals surface area contributed by atoms with Gasteiger partial charge in [-0.15, -0.1) is 0 Å². The first-order valence-electron chi connectivity index (χ1n) is 12.8. The number of carbonyl (C=O) groups is 2. The number of amides is 1. The third-order valence-electron chi connectivity index (χ3n) is 8.26. The lowest BCUT2D eigenvalue weighted by Gasteiger charge is -2.44. The van der Waals surface area contributed by atoms with E-state index in [9.17, 15) is 19.8 Å². The first-order valence-corrected chi connectivity index (χ1v) is 12.8. The Bertz CT molecular complexity index is 1250. The number of carbonyl (C=O) groups excluding carboxylic acids is 1. The summed E-state index contributed by atoms with van der Waals surface area (Å²) in [6.45, 7) is 0.625. The Morgan fingerprint density at radius 1 is 1.03 bits per heavy atom. The highest BCUT2D eigenvalue weighted by Gasteiger charge is 2.54. The Morgan fingerprint density at radius 2 is 1.64 bits per heavy atom. The molecule has 2 aliphatic heterocycles. The van der Waals surface area contributed by atoms with Crippen LogP contribution in [0.3, 0.4) is 0 Å². The summed E-state index contributed by atoms with van der Waals surface area (Å²) in [6, 6.07) is 7.28. The Balaban J connectivity index is 1.69. The fraction of sp³-hybridized carbons (Fsp3) is 0.500. The van der Waals surface area contributed by atoms with E-state index >= 15 is 0 Å². The van der Waals surface area contributed by atoms with Gasteiger partial charge >= 0.3 is 12.1 Å². The number of likely N-dealkylation sites (N-methyl/N-ethyl adjacent to an activating group) is 1. The lowest BCUT2D eigenvalue weighted by molar-refractivity contribution is -0.142.